The van der Waals surface area contributed by atoms with Gasteiger partial charge in [0.05, 0.1) is 11.1 Å². The lowest BCUT2D eigenvalue weighted by molar-refractivity contribution is 0.0902. The van der Waals surface area contributed by atoms with Crippen molar-refractivity contribution in [2.45, 2.75) is 18.5 Å². The van der Waals surface area contributed by atoms with E-state index in [0.717, 1.165) is 16.9 Å². The van der Waals surface area contributed by atoms with Crippen molar-refractivity contribution >= 4 is 11.5 Å². The molecule has 0 unspecified atom stereocenters. The second-order valence-electron chi connectivity index (χ2n) is 5.33. The Balaban J connectivity index is 2.06. The fourth-order valence-corrected chi connectivity index (χ4v) is 3.65. The SMILES string of the molecule is CN1c2ccccc2[C@@]2(C)C(=O)c3cccn3[C@@H]12. The van der Waals surface area contributed by atoms with Gasteiger partial charge in [0.15, 0.2) is 5.78 Å². The minimum Gasteiger partial charge on any atom is -0.353 e. The molecule has 2 aliphatic rings. The van der Waals surface area contributed by atoms with Crippen molar-refractivity contribution in [2.75, 3.05) is 11.9 Å². The van der Waals surface area contributed by atoms with E-state index < -0.39 is 5.41 Å². The maximum absolute atomic E-state index is 12.7. The lowest BCUT2D eigenvalue weighted by Crippen LogP contribution is -2.36. The monoisotopic (exact) mass is 238 g/mol. The summed E-state index contributed by atoms with van der Waals surface area (Å²) >= 11 is 0. The minimum atomic E-state index is -0.443. The smallest absolute Gasteiger partial charge is 0.193 e. The molecule has 2 aromatic rings. The number of fused-ring (bicyclic) bond motifs is 5. The first-order valence-electron chi connectivity index (χ1n) is 6.19. The van der Waals surface area contributed by atoms with Crippen molar-refractivity contribution in [1.82, 2.24) is 4.57 Å². The molecular formula is C15H14N2O. The van der Waals surface area contributed by atoms with Crippen LogP contribution in [0.25, 0.3) is 0 Å². The van der Waals surface area contributed by atoms with Crippen LogP contribution in [0.2, 0.25) is 0 Å². The maximum Gasteiger partial charge on any atom is 0.193 e. The summed E-state index contributed by atoms with van der Waals surface area (Å²) in [5, 5.41) is 0. The van der Waals surface area contributed by atoms with E-state index in [2.05, 4.69) is 35.6 Å². The Morgan fingerprint density at radius 2 is 1.94 bits per heavy atom. The van der Waals surface area contributed by atoms with E-state index in [1.807, 2.05) is 30.5 Å². The summed E-state index contributed by atoms with van der Waals surface area (Å²) in [7, 11) is 2.07. The summed E-state index contributed by atoms with van der Waals surface area (Å²) in [6.45, 7) is 2.06. The molecule has 0 radical (unpaired) electrons. The number of ketones is 1. The highest BCUT2D eigenvalue weighted by atomic mass is 16.1. The summed E-state index contributed by atoms with van der Waals surface area (Å²) in [5.74, 6) is 0.231. The van der Waals surface area contributed by atoms with Crippen molar-refractivity contribution in [2.24, 2.45) is 0 Å². The van der Waals surface area contributed by atoms with Gasteiger partial charge in [0.25, 0.3) is 0 Å². The molecule has 0 aliphatic carbocycles. The predicted octanol–water partition coefficient (Wildman–Crippen LogP) is 2.59. The third-order valence-electron chi connectivity index (χ3n) is 4.47. The standard InChI is InChI=1S/C15H14N2O/c1-15-10-6-3-4-7-11(10)16(2)14(15)17-9-5-8-12(17)13(15)18/h3-9,14H,1-2H3/t14-,15+/m1/s1. The number of likely N-dealkylation sites (N-methyl/N-ethyl adjacent to an activating group) is 1. The Morgan fingerprint density at radius 1 is 1.17 bits per heavy atom. The van der Waals surface area contributed by atoms with Gasteiger partial charge >= 0.3 is 0 Å². The number of hydrogen-bond donors (Lipinski definition) is 0. The molecule has 0 saturated heterocycles. The Hall–Kier alpha value is -2.03. The average Bonchev–Trinajstić information content (AvgIpc) is 2.98. The van der Waals surface area contributed by atoms with Crippen LogP contribution in [-0.4, -0.2) is 17.4 Å². The molecule has 90 valence electrons. The van der Waals surface area contributed by atoms with Crippen LogP contribution in [0.4, 0.5) is 5.69 Å². The van der Waals surface area contributed by atoms with Gasteiger partial charge in [-0.1, -0.05) is 18.2 Å². The van der Waals surface area contributed by atoms with Crippen LogP contribution in [0.3, 0.4) is 0 Å². The molecule has 0 bridgehead atoms. The van der Waals surface area contributed by atoms with Gasteiger partial charge in [-0.15, -0.1) is 0 Å². The summed E-state index contributed by atoms with van der Waals surface area (Å²) in [6.07, 6.45) is 2.08. The molecule has 1 aromatic carbocycles. The molecule has 1 aromatic heterocycles. The highest BCUT2D eigenvalue weighted by Crippen LogP contribution is 2.55. The van der Waals surface area contributed by atoms with Crippen LogP contribution in [-0.2, 0) is 5.41 Å². The number of nitrogens with zero attached hydrogens (tertiary/aromatic N) is 2. The first kappa shape index (κ1) is 9.95. The van der Waals surface area contributed by atoms with E-state index in [-0.39, 0.29) is 11.9 Å². The van der Waals surface area contributed by atoms with Crippen molar-refractivity contribution in [3.63, 3.8) is 0 Å². The van der Waals surface area contributed by atoms with E-state index in [1.54, 1.807) is 0 Å². The van der Waals surface area contributed by atoms with Gasteiger partial charge in [-0.25, -0.2) is 0 Å². The van der Waals surface area contributed by atoms with Gasteiger partial charge in [-0.2, -0.15) is 0 Å². The summed E-state index contributed by atoms with van der Waals surface area (Å²) in [4.78, 5) is 14.9. The van der Waals surface area contributed by atoms with Crippen LogP contribution in [0.1, 0.15) is 29.1 Å². The van der Waals surface area contributed by atoms with E-state index in [0.29, 0.717) is 0 Å². The molecule has 0 saturated carbocycles. The molecule has 0 N–H and O–H groups in total. The van der Waals surface area contributed by atoms with E-state index in [9.17, 15) is 4.79 Å². The second kappa shape index (κ2) is 2.86. The number of Topliss-reactive ketones (excluding diaryl/α,β-unsaturated/α-hetero) is 1. The highest BCUT2D eigenvalue weighted by molar-refractivity contribution is 6.08. The lowest BCUT2D eigenvalue weighted by atomic mass is 9.79. The Bertz CT molecular complexity index is 673. The van der Waals surface area contributed by atoms with Gasteiger partial charge in [0.1, 0.15) is 6.17 Å². The molecule has 3 heterocycles. The molecule has 0 spiro atoms. The van der Waals surface area contributed by atoms with Gasteiger partial charge in [0.2, 0.25) is 0 Å². The highest BCUT2D eigenvalue weighted by Gasteiger charge is 2.57. The minimum absolute atomic E-state index is 0.0763. The van der Waals surface area contributed by atoms with E-state index in [4.69, 9.17) is 0 Å². The molecule has 3 nitrogen and oxygen atoms in total. The zero-order chi connectivity index (χ0) is 12.5. The summed E-state index contributed by atoms with van der Waals surface area (Å²) in [5.41, 5.74) is 2.69. The van der Waals surface area contributed by atoms with Crippen molar-refractivity contribution < 1.29 is 4.79 Å². The fourth-order valence-electron chi connectivity index (χ4n) is 3.65. The molecule has 0 amide bonds. The predicted molar refractivity (Wildman–Crippen MR) is 70.0 cm³/mol. The molecule has 0 fully saturated rings. The number of rotatable bonds is 0. The van der Waals surface area contributed by atoms with Crippen LogP contribution in [0, 0.1) is 0 Å². The Kier molecular flexibility index (Phi) is 1.58. The van der Waals surface area contributed by atoms with Crippen LogP contribution in [0.15, 0.2) is 42.6 Å². The first-order valence-corrected chi connectivity index (χ1v) is 6.19. The Morgan fingerprint density at radius 3 is 2.78 bits per heavy atom. The molecular weight excluding hydrogens is 224 g/mol. The molecule has 4 rings (SSSR count). The third kappa shape index (κ3) is 0.838. The van der Waals surface area contributed by atoms with Gasteiger partial charge in [-0.05, 0) is 30.7 Å². The maximum atomic E-state index is 12.7. The largest absolute Gasteiger partial charge is 0.353 e. The van der Waals surface area contributed by atoms with Crippen molar-refractivity contribution in [3.8, 4) is 0 Å². The van der Waals surface area contributed by atoms with Gasteiger partial charge in [-0.3, -0.25) is 4.79 Å². The molecule has 18 heavy (non-hydrogen) atoms. The average molecular weight is 238 g/mol. The normalized spacial score (nSPS) is 28.2. The van der Waals surface area contributed by atoms with E-state index >= 15 is 0 Å². The summed E-state index contributed by atoms with van der Waals surface area (Å²) < 4.78 is 2.10. The number of carbonyl (C=O) groups is 1. The fraction of sp³-hybridized carbons (Fsp3) is 0.267. The first-order chi connectivity index (χ1) is 8.65. The number of para-hydroxylation sites is 1. The lowest BCUT2D eigenvalue weighted by Gasteiger charge is -2.28. The molecule has 2 atom stereocenters. The molecule has 3 heteroatoms. The van der Waals surface area contributed by atoms with Gasteiger partial charge in [0, 0.05) is 18.9 Å². The third-order valence-corrected chi connectivity index (χ3v) is 4.47. The Labute approximate surface area is 106 Å². The number of hydrogen-bond acceptors (Lipinski definition) is 2. The van der Waals surface area contributed by atoms with Crippen LogP contribution >= 0.6 is 0 Å². The van der Waals surface area contributed by atoms with Crippen molar-refractivity contribution in [1.29, 1.82) is 0 Å². The molecule has 2 aliphatic heterocycles. The van der Waals surface area contributed by atoms with Crippen molar-refractivity contribution in [3.05, 3.63) is 53.9 Å². The summed E-state index contributed by atoms with van der Waals surface area (Å²) in [6, 6.07) is 12.1. The number of benzene rings is 1. The van der Waals surface area contributed by atoms with Crippen LogP contribution in [0.5, 0.6) is 0 Å². The van der Waals surface area contributed by atoms with E-state index in [1.165, 1.54) is 0 Å². The quantitative estimate of drug-likeness (QED) is 0.705. The van der Waals surface area contributed by atoms with Gasteiger partial charge < -0.3 is 9.47 Å². The topological polar surface area (TPSA) is 25.2 Å². The van der Waals surface area contributed by atoms with Crippen LogP contribution < -0.4 is 4.90 Å². The second-order valence-corrected chi connectivity index (χ2v) is 5.33. The zero-order valence-corrected chi connectivity index (χ0v) is 10.4. The zero-order valence-electron chi connectivity index (χ0n) is 10.4. The number of aromatic nitrogens is 1. The number of anilines is 1. The number of carbonyl (C=O) groups excluding carboxylic acids is 1.